The summed E-state index contributed by atoms with van der Waals surface area (Å²) < 4.78 is 7.12. The zero-order valence-electron chi connectivity index (χ0n) is 35.3. The molecule has 6 amide bonds. The second-order valence-corrected chi connectivity index (χ2v) is 15.1. The van der Waals surface area contributed by atoms with Gasteiger partial charge in [-0.25, -0.2) is 24.6 Å². The number of piperazine rings is 1. The van der Waals surface area contributed by atoms with Gasteiger partial charge in [-0.05, 0) is 40.5 Å². The number of para-hydroxylation sites is 1. The van der Waals surface area contributed by atoms with Crippen molar-refractivity contribution >= 4 is 46.2 Å². The van der Waals surface area contributed by atoms with Crippen LogP contribution in [0.2, 0.25) is 0 Å². The van der Waals surface area contributed by atoms with E-state index in [1.54, 1.807) is 62.3 Å². The summed E-state index contributed by atoms with van der Waals surface area (Å²) in [7, 11) is 3.48. The summed E-state index contributed by atoms with van der Waals surface area (Å²) in [4.78, 5) is 63.4. The van der Waals surface area contributed by atoms with Gasteiger partial charge in [0, 0.05) is 62.0 Å². The first-order chi connectivity index (χ1) is 30.6. The Labute approximate surface area is 366 Å². The van der Waals surface area contributed by atoms with E-state index in [-0.39, 0.29) is 57.6 Å². The van der Waals surface area contributed by atoms with E-state index in [0.29, 0.717) is 22.8 Å². The Bertz CT molecular complexity index is 2540. The van der Waals surface area contributed by atoms with Gasteiger partial charge in [0.05, 0.1) is 44.2 Å². The van der Waals surface area contributed by atoms with E-state index in [9.17, 15) is 24.3 Å². The predicted octanol–water partition coefficient (Wildman–Crippen LogP) is 6.44. The van der Waals surface area contributed by atoms with Crippen LogP contribution in [0.4, 0.5) is 21.0 Å². The monoisotopic (exact) mass is 849 g/mol. The molecule has 2 fully saturated rings. The van der Waals surface area contributed by atoms with Crippen LogP contribution in [0.25, 0.3) is 22.0 Å². The summed E-state index contributed by atoms with van der Waals surface area (Å²) in [5.41, 5.74) is 6.37. The Kier molecular flexibility index (Phi) is 13.8. The first kappa shape index (κ1) is 43.6. The van der Waals surface area contributed by atoms with E-state index in [1.165, 1.54) is 13.3 Å². The van der Waals surface area contributed by atoms with Crippen LogP contribution in [0.3, 0.4) is 0 Å². The number of carbonyl (C=O) groups excluding carboxylic acids is 4. The number of nitrogens with one attached hydrogen (secondary N) is 3. The van der Waals surface area contributed by atoms with Crippen molar-refractivity contribution in [2.24, 2.45) is 7.05 Å². The third-order valence-electron chi connectivity index (χ3n) is 11.0. The average Bonchev–Trinajstić information content (AvgIpc) is 3.63. The maximum absolute atomic E-state index is 14.8. The first-order valence-electron chi connectivity index (χ1n) is 20.5. The van der Waals surface area contributed by atoms with Gasteiger partial charge in [-0.15, -0.1) is 6.58 Å². The van der Waals surface area contributed by atoms with Crippen molar-refractivity contribution in [2.75, 3.05) is 44.0 Å². The molecule has 15 heteroatoms. The van der Waals surface area contributed by atoms with Crippen LogP contribution in [0.5, 0.6) is 5.88 Å². The first-order valence-corrected chi connectivity index (χ1v) is 20.5. The van der Waals surface area contributed by atoms with Gasteiger partial charge in [0.2, 0.25) is 17.7 Å². The van der Waals surface area contributed by atoms with Crippen molar-refractivity contribution in [1.29, 1.82) is 0 Å². The summed E-state index contributed by atoms with van der Waals surface area (Å²) >= 11 is 0. The fourth-order valence-electron chi connectivity index (χ4n) is 8.19. The van der Waals surface area contributed by atoms with Crippen molar-refractivity contribution in [2.45, 2.75) is 31.7 Å². The van der Waals surface area contributed by atoms with Gasteiger partial charge in [-0.2, -0.15) is 0 Å². The lowest BCUT2D eigenvalue weighted by molar-refractivity contribution is -0.189. The maximum Gasteiger partial charge on any atom is 0.334 e. The fourth-order valence-corrected chi connectivity index (χ4v) is 8.19. The van der Waals surface area contributed by atoms with Crippen molar-refractivity contribution in [1.82, 2.24) is 34.7 Å². The van der Waals surface area contributed by atoms with E-state index < -0.39 is 24.3 Å². The molecule has 0 spiro atoms. The standard InChI is InChI=1S/C48H51N9O6/c1-5-12-33(15-11-25-58)26-41-46(60)54(31-43-56(41)44(59)32-55(24-6-2)57(43)48(62)50-27-34-13-8-7-9-14-34)29-36-16-10-17-39-40(30-53(3)45(36)39)35-18-20-37(21-19-35)51-47(61)52-38-22-23-42(63-4)49-28-38/h5-23,28,30,41,43,58H,1-2,24-27,29,31-32H2,3-4H3,(H,50,62)(H2,51,52,61)/b15-11-,33-12+/t41-,43-/m0/s1. The number of benzene rings is 3. The topological polar surface area (TPSA) is 165 Å². The number of pyridine rings is 1. The minimum Gasteiger partial charge on any atom is -0.481 e. The minimum absolute atomic E-state index is 0.0468. The van der Waals surface area contributed by atoms with Crippen LogP contribution in [-0.2, 0) is 29.7 Å². The van der Waals surface area contributed by atoms with E-state index in [4.69, 9.17) is 4.74 Å². The Morgan fingerprint density at radius 2 is 1.73 bits per heavy atom. The number of aromatic nitrogens is 2. The molecular formula is C48H51N9O6. The lowest BCUT2D eigenvalue weighted by Crippen LogP contribution is -2.76. The molecule has 4 heterocycles. The number of nitrogens with zero attached hydrogens (tertiary/aromatic N) is 6. The molecule has 0 saturated carbocycles. The summed E-state index contributed by atoms with van der Waals surface area (Å²) in [6, 6.07) is 24.6. The SMILES string of the molecule is C=C/C=C(\C=C/CO)C[C@H]1C(=O)N(Cc2cccc3c(-c4ccc(NC(=O)Nc5ccc(OC)nc5)cc4)cn(C)c23)C[C@H]2N1C(=O)CN(CC=C)N2C(=O)NCc1ccccc1. The Balaban J connectivity index is 1.18. The van der Waals surface area contributed by atoms with Crippen LogP contribution in [0.15, 0.2) is 146 Å². The molecule has 0 radical (unpaired) electrons. The number of hydrazine groups is 1. The number of hydrogen-bond acceptors (Lipinski definition) is 8. The lowest BCUT2D eigenvalue weighted by Gasteiger charge is -2.55. The molecule has 324 valence electrons. The van der Waals surface area contributed by atoms with Crippen molar-refractivity contribution in [3.63, 3.8) is 0 Å². The quantitative estimate of drug-likeness (QED) is 0.0691. The Morgan fingerprint density at radius 1 is 0.968 bits per heavy atom. The average molecular weight is 850 g/mol. The van der Waals surface area contributed by atoms with Gasteiger partial charge in [0.15, 0.2) is 0 Å². The number of ether oxygens (including phenoxy) is 1. The van der Waals surface area contributed by atoms with E-state index >= 15 is 0 Å². The fraction of sp³-hybridized carbons (Fsp3) is 0.229. The molecule has 3 aromatic carbocycles. The molecule has 2 atom stereocenters. The zero-order chi connectivity index (χ0) is 44.5. The van der Waals surface area contributed by atoms with Crippen molar-refractivity contribution in [3.05, 3.63) is 158 Å². The Hall–Kier alpha value is -7.49. The van der Waals surface area contributed by atoms with Crippen LogP contribution in [-0.4, -0.2) is 104 Å². The number of fused-ring (bicyclic) bond motifs is 2. The van der Waals surface area contributed by atoms with Crippen LogP contribution in [0, 0.1) is 0 Å². The summed E-state index contributed by atoms with van der Waals surface area (Å²) in [6.45, 7) is 8.12. The zero-order valence-corrected chi connectivity index (χ0v) is 35.3. The number of rotatable bonds is 15. The van der Waals surface area contributed by atoms with Crippen LogP contribution >= 0.6 is 0 Å². The number of hydrogen-bond donors (Lipinski definition) is 4. The van der Waals surface area contributed by atoms with Crippen molar-refractivity contribution in [3.8, 4) is 17.0 Å². The molecular weight excluding hydrogens is 799 g/mol. The lowest BCUT2D eigenvalue weighted by atomic mass is 9.97. The third-order valence-corrected chi connectivity index (χ3v) is 11.0. The summed E-state index contributed by atoms with van der Waals surface area (Å²) in [5, 5.41) is 22.4. The molecule has 0 unspecified atom stereocenters. The minimum atomic E-state index is -0.966. The number of allylic oxidation sites excluding steroid dienone is 3. The number of aliphatic hydroxyl groups excluding tert-OH is 1. The molecule has 2 aliphatic rings. The number of methoxy groups -OCH3 is 1. The van der Waals surface area contributed by atoms with Crippen molar-refractivity contribution < 1.29 is 29.0 Å². The largest absolute Gasteiger partial charge is 0.481 e. The summed E-state index contributed by atoms with van der Waals surface area (Å²) in [5.74, 6) is -0.116. The molecule has 5 aromatic rings. The van der Waals surface area contributed by atoms with E-state index in [1.807, 2.05) is 90.6 Å². The highest BCUT2D eigenvalue weighted by atomic mass is 16.5. The van der Waals surface area contributed by atoms with Gasteiger partial charge in [-0.1, -0.05) is 97.6 Å². The van der Waals surface area contributed by atoms with Gasteiger partial charge in [0.1, 0.15) is 12.2 Å². The number of urea groups is 2. The van der Waals surface area contributed by atoms with Gasteiger partial charge in [-0.3, -0.25) is 9.59 Å². The number of aliphatic hydroxyl groups is 1. The molecule has 63 heavy (non-hydrogen) atoms. The highest BCUT2D eigenvalue weighted by Gasteiger charge is 2.51. The number of aryl methyl sites for hydroxylation is 1. The number of anilines is 2. The highest BCUT2D eigenvalue weighted by Crippen LogP contribution is 2.35. The van der Waals surface area contributed by atoms with Gasteiger partial charge in [0.25, 0.3) is 0 Å². The highest BCUT2D eigenvalue weighted by molar-refractivity contribution is 6.01. The van der Waals surface area contributed by atoms with Crippen LogP contribution in [0.1, 0.15) is 17.5 Å². The predicted molar refractivity (Wildman–Crippen MR) is 243 cm³/mol. The molecule has 2 aromatic heterocycles. The summed E-state index contributed by atoms with van der Waals surface area (Å²) in [6.07, 6.45) is 11.1. The maximum atomic E-state index is 14.8. The van der Waals surface area contributed by atoms with E-state index in [2.05, 4.69) is 34.1 Å². The number of amides is 6. The molecule has 4 N–H and O–H groups in total. The Morgan fingerprint density at radius 3 is 2.43 bits per heavy atom. The molecule has 15 nitrogen and oxygen atoms in total. The second kappa shape index (κ2) is 19.9. The molecule has 0 bridgehead atoms. The normalized spacial score (nSPS) is 16.9. The molecule has 2 saturated heterocycles. The van der Waals surface area contributed by atoms with Crippen LogP contribution < -0.4 is 20.7 Å². The van der Waals surface area contributed by atoms with Gasteiger partial charge < -0.3 is 40.2 Å². The molecule has 0 aliphatic carbocycles. The smallest absolute Gasteiger partial charge is 0.334 e. The third kappa shape index (κ3) is 9.85. The molecule has 7 rings (SSSR count). The molecule has 2 aliphatic heterocycles. The second-order valence-electron chi connectivity index (χ2n) is 15.1. The van der Waals surface area contributed by atoms with E-state index in [0.717, 1.165) is 33.2 Å². The van der Waals surface area contributed by atoms with Gasteiger partial charge >= 0.3 is 12.1 Å². The number of carbonyl (C=O) groups is 4.